The van der Waals surface area contributed by atoms with E-state index in [4.69, 9.17) is 4.74 Å². The molecule has 5 rings (SSSR count). The Morgan fingerprint density at radius 2 is 1.82 bits per heavy atom. The van der Waals surface area contributed by atoms with Crippen molar-refractivity contribution in [3.63, 3.8) is 0 Å². The van der Waals surface area contributed by atoms with E-state index in [0.717, 1.165) is 11.3 Å². The number of benzene rings is 3. The van der Waals surface area contributed by atoms with Crippen LogP contribution in [-0.2, 0) is 6.54 Å². The number of nitrogens with one attached hydrogen (secondary N) is 1. The van der Waals surface area contributed by atoms with E-state index in [0.29, 0.717) is 30.1 Å². The molecule has 2 heterocycles. The highest BCUT2D eigenvalue weighted by atomic mass is 19.1. The van der Waals surface area contributed by atoms with Gasteiger partial charge in [0, 0.05) is 42.3 Å². The first kappa shape index (κ1) is 21.4. The number of likely N-dealkylation sites (tertiary alicyclic amines) is 1. The first-order valence-corrected chi connectivity index (χ1v) is 11.0. The molecule has 0 unspecified atom stereocenters. The minimum absolute atomic E-state index is 0.0277. The molecular formula is C26H26FN3O3. The fraction of sp³-hybridized carbons (Fsp3) is 0.269. The molecule has 0 saturated carbocycles. The number of carbonyl (C=O) groups excluding carboxylic acids is 1. The van der Waals surface area contributed by atoms with Gasteiger partial charge in [-0.3, -0.25) is 9.80 Å². The lowest BCUT2D eigenvalue weighted by atomic mass is 9.72. The first-order chi connectivity index (χ1) is 16.1. The minimum Gasteiger partial charge on any atom is -0.495 e. The summed E-state index contributed by atoms with van der Waals surface area (Å²) in [5.41, 5.74) is 3.02. The summed E-state index contributed by atoms with van der Waals surface area (Å²) < 4.78 is 19.7. The van der Waals surface area contributed by atoms with Crippen LogP contribution in [-0.4, -0.2) is 48.4 Å². The number of hydrogen-bond donors (Lipinski definition) is 2. The molecule has 0 bridgehead atoms. The van der Waals surface area contributed by atoms with E-state index in [1.807, 2.05) is 42.5 Å². The van der Waals surface area contributed by atoms with Gasteiger partial charge in [-0.2, -0.15) is 0 Å². The topological polar surface area (TPSA) is 65.0 Å². The third kappa shape index (κ3) is 3.73. The van der Waals surface area contributed by atoms with Crippen LogP contribution < -0.4 is 15.0 Å². The zero-order chi connectivity index (χ0) is 22.9. The highest BCUT2D eigenvalue weighted by Gasteiger charge is 2.53. The number of rotatable bonds is 5. The van der Waals surface area contributed by atoms with Crippen molar-refractivity contribution < 1.29 is 19.0 Å². The molecule has 3 aromatic rings. The van der Waals surface area contributed by atoms with Crippen LogP contribution in [0.15, 0.2) is 72.8 Å². The van der Waals surface area contributed by atoms with Gasteiger partial charge in [-0.05, 0) is 29.8 Å². The van der Waals surface area contributed by atoms with Crippen molar-refractivity contribution >= 4 is 17.4 Å². The van der Waals surface area contributed by atoms with Gasteiger partial charge in [0.2, 0.25) is 0 Å². The van der Waals surface area contributed by atoms with Gasteiger partial charge < -0.3 is 15.2 Å². The number of aliphatic hydroxyl groups excluding tert-OH is 1. The van der Waals surface area contributed by atoms with Crippen molar-refractivity contribution in [2.45, 2.75) is 24.5 Å². The van der Waals surface area contributed by atoms with E-state index in [1.165, 1.54) is 6.07 Å². The molecule has 2 aliphatic rings. The molecule has 0 spiro atoms. The van der Waals surface area contributed by atoms with Crippen molar-refractivity contribution in [1.82, 2.24) is 4.90 Å². The van der Waals surface area contributed by atoms with Crippen molar-refractivity contribution in [2.24, 2.45) is 0 Å². The molecule has 170 valence electrons. The predicted molar refractivity (Wildman–Crippen MR) is 125 cm³/mol. The summed E-state index contributed by atoms with van der Waals surface area (Å²) >= 11 is 0. The number of aliphatic hydroxyl groups is 1. The fourth-order valence-electron chi connectivity index (χ4n) is 5.15. The Kier molecular flexibility index (Phi) is 5.74. The second-order valence-corrected chi connectivity index (χ2v) is 8.41. The maximum atomic E-state index is 14.3. The third-order valence-corrected chi connectivity index (χ3v) is 6.73. The van der Waals surface area contributed by atoms with Crippen LogP contribution in [0.3, 0.4) is 0 Å². The molecule has 0 radical (unpaired) electrons. The number of methoxy groups -OCH3 is 1. The Balaban J connectivity index is 1.45. The number of hydrogen-bond acceptors (Lipinski definition) is 4. The number of para-hydroxylation sites is 3. The number of carbonyl (C=O) groups is 1. The monoisotopic (exact) mass is 447 g/mol. The van der Waals surface area contributed by atoms with Gasteiger partial charge in [-0.15, -0.1) is 0 Å². The molecule has 2 aliphatic heterocycles. The molecule has 33 heavy (non-hydrogen) atoms. The van der Waals surface area contributed by atoms with Crippen LogP contribution in [0.4, 0.5) is 20.6 Å². The van der Waals surface area contributed by atoms with Crippen molar-refractivity contribution in [3.05, 3.63) is 89.7 Å². The maximum Gasteiger partial charge on any atom is 0.326 e. The molecule has 1 saturated heterocycles. The van der Waals surface area contributed by atoms with Crippen molar-refractivity contribution in [2.75, 3.05) is 30.5 Å². The average molecular weight is 448 g/mol. The lowest BCUT2D eigenvalue weighted by Crippen LogP contribution is -2.69. The van der Waals surface area contributed by atoms with E-state index in [2.05, 4.69) is 10.2 Å². The quantitative estimate of drug-likeness (QED) is 0.615. The Labute approximate surface area is 192 Å². The summed E-state index contributed by atoms with van der Waals surface area (Å²) in [5.74, 6) is 0.395. The molecule has 0 aromatic heterocycles. The Hall–Kier alpha value is -3.42. The van der Waals surface area contributed by atoms with E-state index >= 15 is 0 Å². The molecule has 3 aromatic carbocycles. The van der Waals surface area contributed by atoms with Crippen LogP contribution in [0.2, 0.25) is 0 Å². The minimum atomic E-state index is -0.264. The van der Waals surface area contributed by atoms with Crippen LogP contribution in [0.5, 0.6) is 5.75 Å². The zero-order valence-corrected chi connectivity index (χ0v) is 18.3. The average Bonchev–Trinajstić information content (AvgIpc) is 2.83. The Bertz CT molecular complexity index is 1170. The van der Waals surface area contributed by atoms with Crippen molar-refractivity contribution in [1.29, 1.82) is 0 Å². The van der Waals surface area contributed by atoms with Crippen LogP contribution in [0, 0.1) is 5.82 Å². The SMILES string of the molecule is COc1ccccc1NC(=O)N1C[C@H]2[C@@H](c3ccccc31)[C@H](CO)N2Cc1ccccc1F. The fourth-order valence-corrected chi connectivity index (χ4v) is 5.15. The Morgan fingerprint density at radius 1 is 1.09 bits per heavy atom. The first-order valence-electron chi connectivity index (χ1n) is 11.0. The van der Waals surface area contributed by atoms with E-state index in [-0.39, 0.29) is 36.5 Å². The van der Waals surface area contributed by atoms with Crippen LogP contribution >= 0.6 is 0 Å². The molecule has 6 nitrogen and oxygen atoms in total. The van der Waals surface area contributed by atoms with Crippen LogP contribution in [0.25, 0.3) is 0 Å². The molecule has 7 heteroatoms. The summed E-state index contributed by atoms with van der Waals surface area (Å²) in [6.45, 7) is 0.786. The van der Waals surface area contributed by atoms with Gasteiger partial charge >= 0.3 is 6.03 Å². The number of nitrogens with zero attached hydrogens (tertiary/aromatic N) is 2. The molecule has 1 fully saturated rings. The summed E-state index contributed by atoms with van der Waals surface area (Å²) in [6.07, 6.45) is 0. The number of halogens is 1. The van der Waals surface area contributed by atoms with E-state index in [1.54, 1.807) is 36.3 Å². The van der Waals surface area contributed by atoms with E-state index < -0.39 is 0 Å². The van der Waals surface area contributed by atoms with Crippen molar-refractivity contribution in [3.8, 4) is 5.75 Å². The standard InChI is InChI=1S/C26H26FN3O3/c1-33-24-13-7-5-11-20(24)28-26(32)30-15-22-25(18-9-3-6-12-21(18)30)23(16-31)29(22)14-17-8-2-4-10-19(17)27/h2-13,22-23,25,31H,14-16H2,1H3,(H,28,32)/t22-,23-,25+/m0/s1. The second kappa shape index (κ2) is 8.84. The van der Waals surface area contributed by atoms with Gasteiger partial charge in [-0.25, -0.2) is 9.18 Å². The normalized spacial score (nSPS) is 21.5. The highest BCUT2D eigenvalue weighted by molar-refractivity contribution is 6.03. The number of anilines is 2. The van der Waals surface area contributed by atoms with Gasteiger partial charge in [-0.1, -0.05) is 48.5 Å². The summed E-state index contributed by atoms with van der Waals surface area (Å²) in [5, 5.41) is 13.1. The number of urea groups is 1. The maximum absolute atomic E-state index is 14.3. The smallest absolute Gasteiger partial charge is 0.326 e. The molecule has 2 N–H and O–H groups in total. The highest BCUT2D eigenvalue weighted by Crippen LogP contribution is 2.48. The number of amides is 2. The summed E-state index contributed by atoms with van der Waals surface area (Å²) in [4.78, 5) is 17.2. The number of ether oxygens (including phenoxy) is 1. The Morgan fingerprint density at radius 3 is 2.61 bits per heavy atom. The predicted octanol–water partition coefficient (Wildman–Crippen LogP) is 4.22. The molecular weight excluding hydrogens is 421 g/mol. The van der Waals surface area contributed by atoms with Gasteiger partial charge in [0.15, 0.2) is 0 Å². The summed E-state index contributed by atoms with van der Waals surface area (Å²) in [6, 6.07) is 21.4. The molecule has 2 amide bonds. The lowest BCUT2D eigenvalue weighted by Gasteiger charge is -2.59. The molecule has 0 aliphatic carbocycles. The third-order valence-electron chi connectivity index (χ3n) is 6.73. The van der Waals surface area contributed by atoms with Gasteiger partial charge in [0.25, 0.3) is 0 Å². The largest absolute Gasteiger partial charge is 0.495 e. The number of fused-ring (bicyclic) bond motifs is 3. The van der Waals surface area contributed by atoms with Gasteiger partial charge in [0.1, 0.15) is 11.6 Å². The second-order valence-electron chi connectivity index (χ2n) is 8.41. The zero-order valence-electron chi connectivity index (χ0n) is 18.3. The van der Waals surface area contributed by atoms with E-state index in [9.17, 15) is 14.3 Å². The molecule has 3 atom stereocenters. The summed E-state index contributed by atoms with van der Waals surface area (Å²) in [7, 11) is 1.57. The van der Waals surface area contributed by atoms with Gasteiger partial charge in [0.05, 0.1) is 19.4 Å². The van der Waals surface area contributed by atoms with Crippen LogP contribution in [0.1, 0.15) is 17.0 Å². The lowest BCUT2D eigenvalue weighted by molar-refractivity contribution is -0.0490.